The molecule has 1 aromatic heterocycles. The molecule has 3 aromatic rings. The zero-order chi connectivity index (χ0) is 25.6. The Bertz CT molecular complexity index is 1170. The summed E-state index contributed by atoms with van der Waals surface area (Å²) >= 11 is 6.05. The molecule has 186 valence electrons. The molecule has 2 amide bonds. The number of ether oxygens (including phenoxy) is 2. The van der Waals surface area contributed by atoms with Crippen molar-refractivity contribution in [3.63, 3.8) is 0 Å². The second kappa shape index (κ2) is 11.4. The van der Waals surface area contributed by atoms with Gasteiger partial charge in [-0.15, -0.1) is 0 Å². The number of aromatic nitrogens is 2. The van der Waals surface area contributed by atoms with Gasteiger partial charge in [-0.05, 0) is 42.5 Å². The first kappa shape index (κ1) is 26.2. The summed E-state index contributed by atoms with van der Waals surface area (Å²) in [6.45, 7) is 6.53. The largest absolute Gasteiger partial charge is 0.497 e. The Morgan fingerprint density at radius 2 is 1.80 bits per heavy atom. The van der Waals surface area contributed by atoms with Crippen LogP contribution >= 0.6 is 11.6 Å². The van der Waals surface area contributed by atoms with Gasteiger partial charge in [-0.1, -0.05) is 38.4 Å². The van der Waals surface area contributed by atoms with Crippen molar-refractivity contribution in [3.05, 3.63) is 70.9 Å². The van der Waals surface area contributed by atoms with Crippen LogP contribution < -0.4 is 10.1 Å². The van der Waals surface area contributed by atoms with Gasteiger partial charge >= 0.3 is 0 Å². The van der Waals surface area contributed by atoms with E-state index in [0.717, 1.165) is 17.1 Å². The van der Waals surface area contributed by atoms with Crippen LogP contribution in [0, 0.1) is 0 Å². The fourth-order valence-corrected chi connectivity index (χ4v) is 3.56. The smallest absolute Gasteiger partial charge is 0.254 e. The number of benzene rings is 2. The number of methoxy groups -OCH3 is 2. The van der Waals surface area contributed by atoms with E-state index in [1.165, 1.54) is 4.90 Å². The van der Waals surface area contributed by atoms with Crippen LogP contribution in [0.2, 0.25) is 5.02 Å². The molecule has 0 saturated heterocycles. The first-order chi connectivity index (χ1) is 16.6. The Labute approximate surface area is 210 Å². The Balaban J connectivity index is 1.86. The quantitative estimate of drug-likeness (QED) is 0.467. The van der Waals surface area contributed by atoms with Crippen LogP contribution in [0.15, 0.2) is 54.6 Å². The number of nitrogens with zero attached hydrogens (tertiary/aromatic N) is 3. The van der Waals surface area contributed by atoms with Crippen molar-refractivity contribution in [1.29, 1.82) is 0 Å². The number of carbonyl (C=O) groups is 2. The zero-order valence-corrected chi connectivity index (χ0v) is 21.4. The monoisotopic (exact) mass is 498 g/mol. The molecule has 0 aliphatic heterocycles. The summed E-state index contributed by atoms with van der Waals surface area (Å²) in [7, 11) is 3.15. The van der Waals surface area contributed by atoms with Gasteiger partial charge in [-0.3, -0.25) is 9.59 Å². The molecule has 0 radical (unpaired) electrons. The molecule has 0 bridgehead atoms. The normalized spacial score (nSPS) is 11.3. The third kappa shape index (κ3) is 6.83. The SMILES string of the molecule is COCCN(CC(=O)Nc1cc(C(C)(C)C)nn1-c1ccc(OC)cc1)C(=O)c1cccc(Cl)c1. The highest BCUT2D eigenvalue weighted by Gasteiger charge is 2.23. The fraction of sp³-hybridized carbons (Fsp3) is 0.346. The van der Waals surface area contributed by atoms with Gasteiger partial charge in [0.05, 0.1) is 25.1 Å². The summed E-state index contributed by atoms with van der Waals surface area (Å²) in [5, 5.41) is 8.10. The van der Waals surface area contributed by atoms with E-state index in [4.69, 9.17) is 26.2 Å². The minimum absolute atomic E-state index is 0.159. The van der Waals surface area contributed by atoms with Crippen LogP contribution in [0.4, 0.5) is 5.82 Å². The molecule has 0 aliphatic carbocycles. The third-order valence-electron chi connectivity index (χ3n) is 5.32. The van der Waals surface area contributed by atoms with E-state index >= 15 is 0 Å². The Hall–Kier alpha value is -3.36. The highest BCUT2D eigenvalue weighted by molar-refractivity contribution is 6.31. The van der Waals surface area contributed by atoms with Crippen LogP contribution in [0.25, 0.3) is 5.69 Å². The lowest BCUT2D eigenvalue weighted by molar-refractivity contribution is -0.117. The van der Waals surface area contributed by atoms with Crippen LogP contribution in [0.1, 0.15) is 36.8 Å². The maximum atomic E-state index is 13.1. The molecule has 3 rings (SSSR count). The van der Waals surface area contributed by atoms with Crippen molar-refractivity contribution in [2.75, 3.05) is 39.2 Å². The molecular formula is C26H31ClN4O4. The number of anilines is 1. The van der Waals surface area contributed by atoms with Gasteiger partial charge < -0.3 is 19.7 Å². The lowest BCUT2D eigenvalue weighted by atomic mass is 9.92. The maximum Gasteiger partial charge on any atom is 0.254 e. The third-order valence-corrected chi connectivity index (χ3v) is 5.56. The number of rotatable bonds is 9. The van der Waals surface area contributed by atoms with Gasteiger partial charge in [0.25, 0.3) is 5.91 Å². The van der Waals surface area contributed by atoms with E-state index in [1.807, 2.05) is 30.3 Å². The molecule has 0 aliphatic rings. The van der Waals surface area contributed by atoms with E-state index < -0.39 is 0 Å². The van der Waals surface area contributed by atoms with Gasteiger partial charge in [0, 0.05) is 35.7 Å². The topological polar surface area (TPSA) is 85.7 Å². The summed E-state index contributed by atoms with van der Waals surface area (Å²) in [6.07, 6.45) is 0. The van der Waals surface area contributed by atoms with Crippen molar-refractivity contribution < 1.29 is 19.1 Å². The summed E-state index contributed by atoms with van der Waals surface area (Å²) in [4.78, 5) is 27.6. The number of hydrogen-bond donors (Lipinski definition) is 1. The van der Waals surface area contributed by atoms with Crippen LogP contribution in [-0.4, -0.2) is 60.4 Å². The van der Waals surface area contributed by atoms with Crippen molar-refractivity contribution >= 4 is 29.2 Å². The van der Waals surface area contributed by atoms with Crippen LogP contribution in [-0.2, 0) is 14.9 Å². The van der Waals surface area contributed by atoms with E-state index in [9.17, 15) is 9.59 Å². The van der Waals surface area contributed by atoms with Gasteiger partial charge in [0.2, 0.25) is 5.91 Å². The summed E-state index contributed by atoms with van der Waals surface area (Å²) in [6, 6.07) is 15.9. The predicted molar refractivity (Wildman–Crippen MR) is 137 cm³/mol. The van der Waals surface area contributed by atoms with Crippen molar-refractivity contribution in [2.24, 2.45) is 0 Å². The highest BCUT2D eigenvalue weighted by atomic mass is 35.5. The Morgan fingerprint density at radius 1 is 1.09 bits per heavy atom. The first-order valence-electron chi connectivity index (χ1n) is 11.2. The molecule has 0 fully saturated rings. The Morgan fingerprint density at radius 3 is 2.40 bits per heavy atom. The molecule has 1 heterocycles. The number of amides is 2. The van der Waals surface area contributed by atoms with E-state index in [2.05, 4.69) is 26.1 Å². The number of nitrogens with one attached hydrogen (secondary N) is 1. The van der Waals surface area contributed by atoms with E-state index in [1.54, 1.807) is 43.2 Å². The minimum Gasteiger partial charge on any atom is -0.497 e. The molecule has 0 atom stereocenters. The molecular weight excluding hydrogens is 468 g/mol. The average Bonchev–Trinajstić information content (AvgIpc) is 3.25. The molecule has 8 nitrogen and oxygen atoms in total. The second-order valence-electron chi connectivity index (χ2n) is 9.05. The summed E-state index contributed by atoms with van der Waals surface area (Å²) in [5.74, 6) is 0.563. The van der Waals surface area contributed by atoms with Crippen LogP contribution in [0.5, 0.6) is 5.75 Å². The molecule has 0 saturated carbocycles. The highest BCUT2D eigenvalue weighted by Crippen LogP contribution is 2.27. The molecule has 35 heavy (non-hydrogen) atoms. The zero-order valence-electron chi connectivity index (χ0n) is 20.7. The first-order valence-corrected chi connectivity index (χ1v) is 11.6. The molecule has 0 spiro atoms. The van der Waals surface area contributed by atoms with Crippen molar-refractivity contribution in [2.45, 2.75) is 26.2 Å². The van der Waals surface area contributed by atoms with Gasteiger partial charge in [0.15, 0.2) is 0 Å². The predicted octanol–water partition coefficient (Wildman–Crippen LogP) is 4.56. The van der Waals surface area contributed by atoms with Crippen molar-refractivity contribution in [1.82, 2.24) is 14.7 Å². The van der Waals surface area contributed by atoms with Crippen molar-refractivity contribution in [3.8, 4) is 11.4 Å². The fourth-order valence-electron chi connectivity index (χ4n) is 3.37. The minimum atomic E-state index is -0.355. The average molecular weight is 499 g/mol. The molecule has 9 heteroatoms. The standard InChI is InChI=1S/C26H31ClN4O4/c1-26(2,3)22-16-23(31(29-22)20-9-11-21(35-5)12-10-20)28-24(32)17-30(13-14-34-4)25(33)18-7-6-8-19(27)15-18/h6-12,15-16H,13-14,17H2,1-5H3,(H,28,32). The second-order valence-corrected chi connectivity index (χ2v) is 9.49. The molecule has 0 unspecified atom stereocenters. The molecule has 2 aromatic carbocycles. The lowest BCUT2D eigenvalue weighted by Crippen LogP contribution is -2.40. The lowest BCUT2D eigenvalue weighted by Gasteiger charge is -2.22. The maximum absolute atomic E-state index is 13.1. The van der Waals surface area contributed by atoms with Crippen LogP contribution in [0.3, 0.4) is 0 Å². The summed E-state index contributed by atoms with van der Waals surface area (Å²) < 4.78 is 12.1. The van der Waals surface area contributed by atoms with Gasteiger partial charge in [-0.2, -0.15) is 5.10 Å². The Kier molecular flexibility index (Phi) is 8.53. The molecule has 1 N–H and O–H groups in total. The summed E-state index contributed by atoms with van der Waals surface area (Å²) in [5.41, 5.74) is 1.75. The van der Waals surface area contributed by atoms with E-state index in [0.29, 0.717) is 16.4 Å². The van der Waals surface area contributed by atoms with E-state index in [-0.39, 0.29) is 36.9 Å². The number of hydrogen-bond acceptors (Lipinski definition) is 5. The number of carbonyl (C=O) groups excluding carboxylic acids is 2. The van der Waals surface area contributed by atoms with Gasteiger partial charge in [0.1, 0.15) is 18.1 Å². The number of halogens is 1. The van der Waals surface area contributed by atoms with Gasteiger partial charge in [-0.25, -0.2) is 4.68 Å².